The lowest BCUT2D eigenvalue weighted by molar-refractivity contribution is -0.883. The highest BCUT2D eigenvalue weighted by Crippen LogP contribution is 2.18. The molecule has 0 fully saturated rings. The van der Waals surface area contributed by atoms with Gasteiger partial charge in [-0.05, 0) is 83.5 Å². The van der Waals surface area contributed by atoms with E-state index in [4.69, 9.17) is 28.8 Å². The van der Waals surface area contributed by atoms with E-state index in [0.717, 1.165) is 128 Å². The van der Waals surface area contributed by atoms with Crippen molar-refractivity contribution < 1.29 is 102 Å². The number of unbranched alkanes of at least 4 members (excludes halogenated alkanes) is 21. The number of allylic oxidation sites excluding steroid dienone is 2. The van der Waals surface area contributed by atoms with Gasteiger partial charge in [0.25, 0.3) is 0 Å². The third-order valence-corrected chi connectivity index (χ3v) is 13.6. The zero-order chi connectivity index (χ0) is 58.7. The number of carboxylic acids is 1. The van der Waals surface area contributed by atoms with Crippen LogP contribution in [-0.2, 0) is 52.5 Å². The predicted molar refractivity (Wildman–Crippen MR) is 310 cm³/mol. The normalized spacial score (nSPS) is 13.0. The predicted octanol–water partition coefficient (Wildman–Crippen LogP) is 6.09. The number of likely N-dealkylation sites (N-methyl/N-ethyl adjacent to an activating group) is 2. The lowest BCUT2D eigenvalue weighted by Gasteiger charge is -2.30. The van der Waals surface area contributed by atoms with E-state index < -0.39 is 30.4 Å². The van der Waals surface area contributed by atoms with E-state index in [1.165, 1.54) is 52.4 Å². The van der Waals surface area contributed by atoms with E-state index >= 15 is 0 Å². The second-order valence-corrected chi connectivity index (χ2v) is 22.6. The topological polar surface area (TPSA) is 209 Å². The quantitative estimate of drug-likeness (QED) is 0.0207. The molecular weight excluding hydrogens is 1070 g/mol. The number of carbonyl (C=O) groups is 6. The molecule has 0 spiro atoms. The Hall–Kier alpha value is -3.28. The number of rotatable bonds is 51. The van der Waals surface area contributed by atoms with E-state index in [1.807, 2.05) is 40.3 Å². The Kier molecular flexibility index (Phi) is 58.4. The van der Waals surface area contributed by atoms with Crippen LogP contribution in [0, 0.1) is 0 Å². The van der Waals surface area contributed by atoms with E-state index in [9.17, 15) is 39.0 Å². The number of carboxylic acid groups (broad SMARTS) is 1. The molecule has 0 aromatic carbocycles. The van der Waals surface area contributed by atoms with Crippen molar-refractivity contribution in [1.82, 2.24) is 0 Å². The molecule has 0 heterocycles. The number of halogens is 2. The van der Waals surface area contributed by atoms with Crippen LogP contribution < -0.4 is 24.8 Å². The van der Waals surface area contributed by atoms with Crippen molar-refractivity contribution >= 4 is 35.8 Å². The number of aliphatic hydroxyl groups excluding tert-OH is 2. The standard InChI is InChI=1S/C36H68NO7.C26H47NO7.2ClH/c1-6-8-10-11-12-17-20-24-29-43-35(40)27-23-19-16-14-13-15-18-22-25-33(39)34(26-21-9-7-2)44-36(41)31-37(4,5)28-30-42-32(3)38;1-5-6-13-17-24(34-26(32)21-27(3,4)19-20-33-22(2)28)23(29)16-14-11-9-7-8-10-12-15-18-25(30)31;;/h18,22,33-34,39H,6-17,19-21,23-31H2,1-5H3;11,14,23-24,29H,5-10,12-13,15-21H2,1-4H3;2*1H/q+1;;;/p-1/b22-18-;14-11-;;. The highest BCUT2D eigenvalue weighted by atomic mass is 35.5. The van der Waals surface area contributed by atoms with Crippen LogP contribution >= 0.6 is 0 Å². The second-order valence-electron chi connectivity index (χ2n) is 22.6. The number of quaternary nitrogens is 2. The lowest BCUT2D eigenvalue weighted by Crippen LogP contribution is -3.00. The van der Waals surface area contributed by atoms with Gasteiger partial charge in [-0.25, -0.2) is 9.59 Å². The molecule has 0 rings (SSSR count). The molecule has 3 N–H and O–H groups in total. The Morgan fingerprint density at radius 1 is 0.425 bits per heavy atom. The molecule has 0 aliphatic rings. The lowest BCUT2D eigenvalue weighted by atomic mass is 10.0. The SMILES string of the molecule is CCCCCC(OC(=O)C[N+](C)(C)CCOC(C)=O)C(O)C/C=C\CCCCCCCC(=O)O.CCCCCCCCCCOC(=O)CCCCCCC/C=C\CC(O)C(CCCCC)OC(=O)C[N+](C)(C)CCOC(C)=O.[Cl-].[Cl-]. The first-order chi connectivity index (χ1) is 37.2. The first kappa shape index (κ1) is 83.2. The molecular formula is C62H116Cl2N2O14. The summed E-state index contributed by atoms with van der Waals surface area (Å²) in [6, 6.07) is 0. The number of carbonyl (C=O) groups excluding carboxylic acids is 5. The molecule has 80 heavy (non-hydrogen) atoms. The number of hydrogen-bond donors (Lipinski definition) is 3. The molecule has 0 aromatic rings. The van der Waals surface area contributed by atoms with Crippen LogP contribution in [0.25, 0.3) is 0 Å². The van der Waals surface area contributed by atoms with Crippen LogP contribution in [0.1, 0.15) is 240 Å². The van der Waals surface area contributed by atoms with Crippen LogP contribution in [-0.4, -0.2) is 159 Å². The summed E-state index contributed by atoms with van der Waals surface area (Å²) in [5.74, 6) is -2.18. The summed E-state index contributed by atoms with van der Waals surface area (Å²) in [7, 11) is 7.54. The zero-order valence-corrected chi connectivity index (χ0v) is 53.2. The molecule has 0 saturated heterocycles. The molecule has 0 saturated carbocycles. The maximum absolute atomic E-state index is 12.7. The maximum atomic E-state index is 12.7. The van der Waals surface area contributed by atoms with Crippen molar-refractivity contribution in [2.45, 2.75) is 265 Å². The van der Waals surface area contributed by atoms with Crippen molar-refractivity contribution in [2.24, 2.45) is 0 Å². The molecule has 472 valence electrons. The fourth-order valence-electron chi connectivity index (χ4n) is 8.63. The molecule has 0 radical (unpaired) electrons. The van der Waals surface area contributed by atoms with Crippen LogP contribution in [0.2, 0.25) is 0 Å². The number of aliphatic carboxylic acids is 1. The minimum atomic E-state index is -0.746. The third kappa shape index (κ3) is 57.9. The van der Waals surface area contributed by atoms with Crippen LogP contribution in [0.15, 0.2) is 24.3 Å². The number of aliphatic hydroxyl groups is 2. The monoisotopic (exact) mass is 1180 g/mol. The van der Waals surface area contributed by atoms with Crippen LogP contribution in [0.3, 0.4) is 0 Å². The minimum Gasteiger partial charge on any atom is -1.00 e. The van der Waals surface area contributed by atoms with Crippen LogP contribution in [0.5, 0.6) is 0 Å². The molecule has 0 aromatic heterocycles. The van der Waals surface area contributed by atoms with Gasteiger partial charge < -0.3 is 72.8 Å². The van der Waals surface area contributed by atoms with Gasteiger partial charge in [-0.3, -0.25) is 19.2 Å². The van der Waals surface area contributed by atoms with Crippen molar-refractivity contribution in [3.63, 3.8) is 0 Å². The molecule has 0 aliphatic heterocycles. The van der Waals surface area contributed by atoms with Gasteiger partial charge in [0.2, 0.25) is 0 Å². The zero-order valence-electron chi connectivity index (χ0n) is 51.7. The first-order valence-electron chi connectivity index (χ1n) is 30.5. The molecule has 18 heteroatoms. The first-order valence-corrected chi connectivity index (χ1v) is 30.5. The largest absolute Gasteiger partial charge is 1.00 e. The van der Waals surface area contributed by atoms with Gasteiger partial charge >= 0.3 is 35.8 Å². The minimum absolute atomic E-state index is 0. The number of nitrogens with zero attached hydrogens (tertiary/aromatic N) is 2. The van der Waals surface area contributed by atoms with Gasteiger partial charge in [0, 0.05) is 26.7 Å². The molecule has 0 amide bonds. The number of esters is 5. The summed E-state index contributed by atoms with van der Waals surface area (Å²) in [6.07, 6.45) is 36.3. The fraction of sp³-hybridized carbons (Fsp3) is 0.839. The Labute approximate surface area is 498 Å². The van der Waals surface area contributed by atoms with Crippen molar-refractivity contribution in [1.29, 1.82) is 0 Å². The third-order valence-electron chi connectivity index (χ3n) is 13.6. The smallest absolute Gasteiger partial charge is 0.362 e. The summed E-state index contributed by atoms with van der Waals surface area (Å²) >= 11 is 0. The molecule has 4 atom stereocenters. The van der Waals surface area contributed by atoms with E-state index in [1.54, 1.807) is 0 Å². The summed E-state index contributed by atoms with van der Waals surface area (Å²) in [5, 5.41) is 30.1. The summed E-state index contributed by atoms with van der Waals surface area (Å²) in [4.78, 5) is 69.6. The number of ether oxygens (including phenoxy) is 5. The maximum Gasteiger partial charge on any atom is 0.362 e. The highest BCUT2D eigenvalue weighted by Gasteiger charge is 2.29. The molecule has 0 aliphatic carbocycles. The van der Waals surface area contributed by atoms with Gasteiger partial charge in [0.05, 0.1) is 47.0 Å². The fourth-order valence-corrected chi connectivity index (χ4v) is 8.63. The van der Waals surface area contributed by atoms with E-state index in [2.05, 4.69) is 32.9 Å². The Bertz CT molecular complexity index is 1600. The van der Waals surface area contributed by atoms with Gasteiger partial charge in [-0.1, -0.05) is 154 Å². The summed E-state index contributed by atoms with van der Waals surface area (Å²) in [5.41, 5.74) is 0. The van der Waals surface area contributed by atoms with Gasteiger partial charge in [0.15, 0.2) is 13.1 Å². The van der Waals surface area contributed by atoms with Gasteiger partial charge in [-0.15, -0.1) is 0 Å². The van der Waals surface area contributed by atoms with Gasteiger partial charge in [-0.2, -0.15) is 0 Å². The van der Waals surface area contributed by atoms with Gasteiger partial charge in [0.1, 0.15) is 38.5 Å². The van der Waals surface area contributed by atoms with E-state index in [0.29, 0.717) is 60.8 Å². The van der Waals surface area contributed by atoms with Crippen LogP contribution in [0.4, 0.5) is 0 Å². The average Bonchev–Trinajstić information content (AvgIpc) is 3.35. The van der Waals surface area contributed by atoms with E-state index in [-0.39, 0.29) is 87.4 Å². The second kappa shape index (κ2) is 56.2. The Morgan fingerprint density at radius 2 is 0.775 bits per heavy atom. The summed E-state index contributed by atoms with van der Waals surface area (Å²) < 4.78 is 27.5. The average molecular weight is 1180 g/mol. The summed E-state index contributed by atoms with van der Waals surface area (Å²) in [6.45, 7) is 11.5. The molecule has 4 unspecified atom stereocenters. The molecule has 0 bridgehead atoms. The highest BCUT2D eigenvalue weighted by molar-refractivity contribution is 5.71. The van der Waals surface area contributed by atoms with Crippen molar-refractivity contribution in [3.8, 4) is 0 Å². The Balaban J connectivity index is -0.000000726. The molecule has 16 nitrogen and oxygen atoms in total. The van der Waals surface area contributed by atoms with Crippen molar-refractivity contribution in [2.75, 3.05) is 74.2 Å². The number of hydrogen-bond acceptors (Lipinski definition) is 13. The Morgan fingerprint density at radius 3 is 1.16 bits per heavy atom. The van der Waals surface area contributed by atoms with Crippen molar-refractivity contribution in [3.05, 3.63) is 24.3 Å².